The Hall–Kier alpha value is -2.82. The number of hydrogen-bond donors (Lipinski definition) is 2. The molecule has 2 N–H and O–H groups in total. The lowest BCUT2D eigenvalue weighted by Crippen LogP contribution is -2.19. The van der Waals surface area contributed by atoms with Crippen LogP contribution in [-0.4, -0.2) is 23.8 Å². The van der Waals surface area contributed by atoms with Crippen molar-refractivity contribution in [1.82, 2.24) is 5.43 Å². The Kier molecular flexibility index (Phi) is 5.14. The van der Waals surface area contributed by atoms with Crippen molar-refractivity contribution in [2.45, 2.75) is 13.3 Å². The second-order valence-electron chi connectivity index (χ2n) is 4.86. The minimum absolute atomic E-state index is 0.0478. The fourth-order valence-electron chi connectivity index (χ4n) is 1.94. The first-order valence-electron chi connectivity index (χ1n) is 6.84. The van der Waals surface area contributed by atoms with Crippen LogP contribution in [-0.2, 0) is 6.42 Å². The molecule has 5 nitrogen and oxygen atoms in total. The second kappa shape index (κ2) is 7.26. The number of hydrazone groups is 1. The van der Waals surface area contributed by atoms with Gasteiger partial charge in [0.25, 0.3) is 5.91 Å². The number of carbonyl (C=O) groups is 1. The number of nitrogens with one attached hydrogen (secondary N) is 1. The van der Waals surface area contributed by atoms with Gasteiger partial charge in [0, 0.05) is 17.7 Å². The first kappa shape index (κ1) is 15.6. The van der Waals surface area contributed by atoms with E-state index in [9.17, 15) is 9.90 Å². The third-order valence-electron chi connectivity index (χ3n) is 3.08. The average Bonchev–Trinajstić information content (AvgIpc) is 2.53. The molecular weight excluding hydrogens is 280 g/mol. The molecule has 0 fully saturated rings. The number of hydrogen-bond acceptors (Lipinski definition) is 4. The third-order valence-corrected chi connectivity index (χ3v) is 3.08. The predicted molar refractivity (Wildman–Crippen MR) is 85.4 cm³/mol. The number of ether oxygens (including phenoxy) is 1. The van der Waals surface area contributed by atoms with E-state index in [1.807, 2.05) is 31.2 Å². The van der Waals surface area contributed by atoms with Crippen molar-refractivity contribution in [3.05, 3.63) is 59.7 Å². The SMILES string of the molecule is COc1ccc(C/C(C)=N\NC(=O)c2cccc(O)c2)cc1. The number of methoxy groups -OCH3 is 1. The van der Waals surface area contributed by atoms with Crippen LogP contribution in [0.3, 0.4) is 0 Å². The minimum Gasteiger partial charge on any atom is -0.508 e. The Morgan fingerprint density at radius 3 is 2.59 bits per heavy atom. The summed E-state index contributed by atoms with van der Waals surface area (Å²) in [5, 5.41) is 13.4. The first-order valence-corrected chi connectivity index (χ1v) is 6.84. The molecule has 0 spiro atoms. The zero-order chi connectivity index (χ0) is 15.9. The lowest BCUT2D eigenvalue weighted by atomic mass is 10.1. The molecule has 0 unspecified atom stereocenters. The Morgan fingerprint density at radius 1 is 1.23 bits per heavy atom. The monoisotopic (exact) mass is 298 g/mol. The van der Waals surface area contributed by atoms with Gasteiger partial charge in [-0.1, -0.05) is 18.2 Å². The highest BCUT2D eigenvalue weighted by molar-refractivity contribution is 5.95. The summed E-state index contributed by atoms with van der Waals surface area (Å²) >= 11 is 0. The summed E-state index contributed by atoms with van der Waals surface area (Å²) in [5.41, 5.74) is 4.70. The third kappa shape index (κ3) is 4.34. The van der Waals surface area contributed by atoms with Gasteiger partial charge >= 0.3 is 0 Å². The molecule has 0 aliphatic carbocycles. The Morgan fingerprint density at radius 2 is 1.95 bits per heavy atom. The molecule has 114 valence electrons. The van der Waals surface area contributed by atoms with Gasteiger partial charge in [-0.05, 0) is 42.8 Å². The van der Waals surface area contributed by atoms with E-state index in [1.54, 1.807) is 19.2 Å². The number of rotatable bonds is 5. The summed E-state index contributed by atoms with van der Waals surface area (Å²) in [4.78, 5) is 11.9. The van der Waals surface area contributed by atoms with Crippen LogP contribution >= 0.6 is 0 Å². The maximum absolute atomic E-state index is 11.9. The molecule has 0 aromatic heterocycles. The van der Waals surface area contributed by atoms with Crippen LogP contribution in [0.25, 0.3) is 0 Å². The molecule has 0 aliphatic heterocycles. The molecule has 0 radical (unpaired) electrons. The maximum Gasteiger partial charge on any atom is 0.271 e. The second-order valence-corrected chi connectivity index (χ2v) is 4.86. The van der Waals surface area contributed by atoms with Gasteiger partial charge in [0.15, 0.2) is 0 Å². The zero-order valence-corrected chi connectivity index (χ0v) is 12.5. The Balaban J connectivity index is 1.95. The molecule has 5 heteroatoms. The topological polar surface area (TPSA) is 70.9 Å². The highest BCUT2D eigenvalue weighted by Gasteiger charge is 2.05. The molecular formula is C17H18N2O3. The van der Waals surface area contributed by atoms with Gasteiger partial charge in [0.2, 0.25) is 0 Å². The molecule has 0 aliphatic rings. The zero-order valence-electron chi connectivity index (χ0n) is 12.5. The summed E-state index contributed by atoms with van der Waals surface area (Å²) in [6.45, 7) is 1.84. The van der Waals surface area contributed by atoms with Crippen molar-refractivity contribution in [3.63, 3.8) is 0 Å². The molecule has 0 atom stereocenters. The molecule has 1 amide bonds. The van der Waals surface area contributed by atoms with Crippen LogP contribution in [0.4, 0.5) is 0 Å². The van der Waals surface area contributed by atoms with Crippen LogP contribution in [0.1, 0.15) is 22.8 Å². The van der Waals surface area contributed by atoms with Gasteiger partial charge in [-0.25, -0.2) is 5.43 Å². The number of phenols is 1. The molecule has 0 bridgehead atoms. The van der Waals surface area contributed by atoms with Gasteiger partial charge in [-0.15, -0.1) is 0 Å². The molecule has 0 saturated carbocycles. The lowest BCUT2D eigenvalue weighted by molar-refractivity contribution is 0.0954. The smallest absolute Gasteiger partial charge is 0.271 e. The van der Waals surface area contributed by atoms with Crippen molar-refractivity contribution >= 4 is 11.6 Å². The Labute approximate surface area is 129 Å². The first-order chi connectivity index (χ1) is 10.6. The van der Waals surface area contributed by atoms with Crippen LogP contribution < -0.4 is 10.2 Å². The summed E-state index contributed by atoms with van der Waals surface area (Å²) in [5.74, 6) is 0.493. The largest absolute Gasteiger partial charge is 0.508 e. The van der Waals surface area contributed by atoms with E-state index in [0.29, 0.717) is 12.0 Å². The normalized spacial score (nSPS) is 11.1. The van der Waals surface area contributed by atoms with Crippen molar-refractivity contribution < 1.29 is 14.6 Å². The lowest BCUT2D eigenvalue weighted by Gasteiger charge is -2.05. The molecule has 2 rings (SSSR count). The fourth-order valence-corrected chi connectivity index (χ4v) is 1.94. The summed E-state index contributed by atoms with van der Waals surface area (Å²) in [7, 11) is 1.62. The quantitative estimate of drug-likeness (QED) is 0.658. The minimum atomic E-state index is -0.356. The average molecular weight is 298 g/mol. The van der Waals surface area contributed by atoms with E-state index in [-0.39, 0.29) is 11.7 Å². The van der Waals surface area contributed by atoms with Crippen LogP contribution in [0, 0.1) is 0 Å². The van der Waals surface area contributed by atoms with Gasteiger partial charge in [-0.3, -0.25) is 4.79 Å². The molecule has 22 heavy (non-hydrogen) atoms. The fraction of sp³-hybridized carbons (Fsp3) is 0.176. The van der Waals surface area contributed by atoms with Crippen molar-refractivity contribution in [1.29, 1.82) is 0 Å². The highest BCUT2D eigenvalue weighted by atomic mass is 16.5. The van der Waals surface area contributed by atoms with Crippen molar-refractivity contribution in [3.8, 4) is 11.5 Å². The number of benzene rings is 2. The van der Waals surface area contributed by atoms with E-state index in [1.165, 1.54) is 12.1 Å². The molecule has 2 aromatic rings. The van der Waals surface area contributed by atoms with Crippen LogP contribution in [0.2, 0.25) is 0 Å². The Bertz CT molecular complexity index is 679. The van der Waals surface area contributed by atoms with Crippen molar-refractivity contribution in [2.75, 3.05) is 7.11 Å². The van der Waals surface area contributed by atoms with E-state index >= 15 is 0 Å². The predicted octanol–water partition coefficient (Wildman–Crippen LogP) is 2.75. The van der Waals surface area contributed by atoms with E-state index in [4.69, 9.17) is 4.74 Å². The summed E-state index contributed by atoms with van der Waals surface area (Å²) < 4.78 is 5.10. The number of nitrogens with zero attached hydrogens (tertiary/aromatic N) is 1. The van der Waals surface area contributed by atoms with Gasteiger partial charge in [-0.2, -0.15) is 5.10 Å². The summed E-state index contributed by atoms with van der Waals surface area (Å²) in [6, 6.07) is 13.8. The standard InChI is InChI=1S/C17H18N2O3/c1-12(10-13-6-8-16(22-2)9-7-13)18-19-17(21)14-4-3-5-15(20)11-14/h3-9,11,20H,10H2,1-2H3,(H,19,21)/b18-12-. The molecule has 0 saturated heterocycles. The van der Waals surface area contributed by atoms with E-state index < -0.39 is 0 Å². The van der Waals surface area contributed by atoms with Gasteiger partial charge in [0.1, 0.15) is 11.5 Å². The van der Waals surface area contributed by atoms with Crippen LogP contribution in [0.5, 0.6) is 11.5 Å². The number of carbonyl (C=O) groups excluding carboxylic acids is 1. The number of aromatic hydroxyl groups is 1. The molecule has 0 heterocycles. The van der Waals surface area contributed by atoms with Crippen molar-refractivity contribution in [2.24, 2.45) is 5.10 Å². The van der Waals surface area contributed by atoms with Gasteiger partial charge < -0.3 is 9.84 Å². The summed E-state index contributed by atoms with van der Waals surface area (Å²) in [6.07, 6.45) is 0.629. The van der Waals surface area contributed by atoms with E-state index in [2.05, 4.69) is 10.5 Å². The highest BCUT2D eigenvalue weighted by Crippen LogP contribution is 2.12. The number of amides is 1. The number of phenolic OH excluding ortho intramolecular Hbond substituents is 1. The van der Waals surface area contributed by atoms with Gasteiger partial charge in [0.05, 0.1) is 7.11 Å². The molecule has 2 aromatic carbocycles. The van der Waals surface area contributed by atoms with Crippen LogP contribution in [0.15, 0.2) is 53.6 Å². The maximum atomic E-state index is 11.9. The van der Waals surface area contributed by atoms with E-state index in [0.717, 1.165) is 17.0 Å².